The Morgan fingerprint density at radius 2 is 2.11 bits per heavy atom. The fourth-order valence-corrected chi connectivity index (χ4v) is 1.56. The predicted molar refractivity (Wildman–Crippen MR) is 66.5 cm³/mol. The second-order valence-corrected chi connectivity index (χ2v) is 4.11. The standard InChI is InChI=1S/C12H12ClN3O2/c1-9-14-8-15-16(9)6-7-18-12(17)10-2-4-11(13)5-3-10/h2-5,8H,6-7H2,1H3. The largest absolute Gasteiger partial charge is 0.460 e. The summed E-state index contributed by atoms with van der Waals surface area (Å²) in [5.74, 6) is 0.418. The lowest BCUT2D eigenvalue weighted by atomic mass is 10.2. The Morgan fingerprint density at radius 3 is 2.72 bits per heavy atom. The minimum atomic E-state index is -0.371. The topological polar surface area (TPSA) is 57.0 Å². The Hall–Kier alpha value is -1.88. The second kappa shape index (κ2) is 5.64. The summed E-state index contributed by atoms with van der Waals surface area (Å²) in [6.45, 7) is 2.59. The lowest BCUT2D eigenvalue weighted by molar-refractivity contribution is 0.0487. The summed E-state index contributed by atoms with van der Waals surface area (Å²) >= 11 is 5.74. The molecule has 2 aromatic rings. The van der Waals surface area contributed by atoms with Gasteiger partial charge in [-0.05, 0) is 31.2 Å². The number of hydrogen-bond donors (Lipinski definition) is 0. The normalized spacial score (nSPS) is 10.3. The summed E-state index contributed by atoms with van der Waals surface area (Å²) in [6, 6.07) is 6.57. The van der Waals surface area contributed by atoms with E-state index in [4.69, 9.17) is 16.3 Å². The van der Waals surface area contributed by atoms with Crippen molar-refractivity contribution in [3.63, 3.8) is 0 Å². The van der Waals surface area contributed by atoms with E-state index in [1.807, 2.05) is 6.92 Å². The lowest BCUT2D eigenvalue weighted by Crippen LogP contribution is -2.13. The van der Waals surface area contributed by atoms with Crippen molar-refractivity contribution in [3.8, 4) is 0 Å². The zero-order valence-corrected chi connectivity index (χ0v) is 10.6. The quantitative estimate of drug-likeness (QED) is 0.795. The van der Waals surface area contributed by atoms with Crippen LogP contribution in [0.25, 0.3) is 0 Å². The van der Waals surface area contributed by atoms with Gasteiger partial charge >= 0.3 is 5.97 Å². The molecule has 0 aliphatic rings. The first-order valence-corrected chi connectivity index (χ1v) is 5.82. The number of hydrogen-bond acceptors (Lipinski definition) is 4. The highest BCUT2D eigenvalue weighted by molar-refractivity contribution is 6.30. The minimum absolute atomic E-state index is 0.256. The van der Waals surface area contributed by atoms with Crippen LogP contribution in [0.15, 0.2) is 30.6 Å². The Labute approximate surface area is 109 Å². The molecule has 0 saturated carbocycles. The van der Waals surface area contributed by atoms with Gasteiger partial charge in [-0.1, -0.05) is 11.6 Å². The zero-order chi connectivity index (χ0) is 13.0. The van der Waals surface area contributed by atoms with Gasteiger partial charge in [0.05, 0.1) is 12.1 Å². The van der Waals surface area contributed by atoms with Crippen LogP contribution in [0.5, 0.6) is 0 Å². The molecule has 0 aliphatic heterocycles. The van der Waals surface area contributed by atoms with Crippen molar-refractivity contribution in [2.45, 2.75) is 13.5 Å². The van der Waals surface area contributed by atoms with Crippen LogP contribution in [-0.2, 0) is 11.3 Å². The Kier molecular flexibility index (Phi) is 3.94. The van der Waals surface area contributed by atoms with E-state index in [2.05, 4.69) is 10.1 Å². The summed E-state index contributed by atoms with van der Waals surface area (Å²) in [6.07, 6.45) is 1.47. The molecule has 1 aromatic heterocycles. The maximum atomic E-state index is 11.7. The molecule has 94 valence electrons. The molecule has 0 fully saturated rings. The van der Waals surface area contributed by atoms with E-state index >= 15 is 0 Å². The molecule has 0 atom stereocenters. The third kappa shape index (κ3) is 3.07. The smallest absolute Gasteiger partial charge is 0.338 e. The van der Waals surface area contributed by atoms with Crippen molar-refractivity contribution in [2.24, 2.45) is 0 Å². The van der Waals surface area contributed by atoms with Crippen LogP contribution in [-0.4, -0.2) is 27.3 Å². The Balaban J connectivity index is 1.85. The first-order valence-electron chi connectivity index (χ1n) is 5.44. The molecule has 0 amide bonds. The van der Waals surface area contributed by atoms with Crippen LogP contribution in [0, 0.1) is 6.92 Å². The van der Waals surface area contributed by atoms with E-state index in [1.54, 1.807) is 28.9 Å². The van der Waals surface area contributed by atoms with Gasteiger partial charge < -0.3 is 4.74 Å². The maximum absolute atomic E-state index is 11.7. The summed E-state index contributed by atoms with van der Waals surface area (Å²) in [5.41, 5.74) is 0.481. The molecule has 6 heteroatoms. The SMILES string of the molecule is Cc1ncnn1CCOC(=O)c1ccc(Cl)cc1. The number of esters is 1. The fraction of sp³-hybridized carbons (Fsp3) is 0.250. The molecular weight excluding hydrogens is 254 g/mol. The number of carbonyl (C=O) groups excluding carboxylic acids is 1. The first kappa shape index (κ1) is 12.6. The monoisotopic (exact) mass is 265 g/mol. The molecular formula is C12H12ClN3O2. The fourth-order valence-electron chi connectivity index (χ4n) is 1.44. The van der Waals surface area contributed by atoms with Crippen molar-refractivity contribution >= 4 is 17.6 Å². The molecule has 0 saturated heterocycles. The number of ether oxygens (including phenoxy) is 1. The highest BCUT2D eigenvalue weighted by Crippen LogP contribution is 2.10. The van der Waals surface area contributed by atoms with Crippen molar-refractivity contribution in [2.75, 3.05) is 6.61 Å². The second-order valence-electron chi connectivity index (χ2n) is 3.67. The van der Waals surface area contributed by atoms with Gasteiger partial charge in [-0.3, -0.25) is 0 Å². The highest BCUT2D eigenvalue weighted by Gasteiger charge is 2.07. The van der Waals surface area contributed by atoms with Crippen LogP contribution in [0.3, 0.4) is 0 Å². The number of halogens is 1. The van der Waals surface area contributed by atoms with Crippen LogP contribution in [0.2, 0.25) is 5.02 Å². The van der Waals surface area contributed by atoms with E-state index in [9.17, 15) is 4.79 Å². The Bertz CT molecular complexity index is 537. The van der Waals surface area contributed by atoms with E-state index in [0.29, 0.717) is 17.1 Å². The van der Waals surface area contributed by atoms with Gasteiger partial charge in [0.15, 0.2) is 0 Å². The number of nitrogens with zero attached hydrogens (tertiary/aromatic N) is 3. The molecule has 0 aliphatic carbocycles. The van der Waals surface area contributed by atoms with Crippen LogP contribution >= 0.6 is 11.6 Å². The van der Waals surface area contributed by atoms with Crippen molar-refractivity contribution in [1.29, 1.82) is 0 Å². The van der Waals surface area contributed by atoms with Gasteiger partial charge in [-0.25, -0.2) is 14.5 Å². The zero-order valence-electron chi connectivity index (χ0n) is 9.84. The van der Waals surface area contributed by atoms with Crippen molar-refractivity contribution in [3.05, 3.63) is 47.0 Å². The number of aryl methyl sites for hydroxylation is 1. The third-order valence-electron chi connectivity index (χ3n) is 2.43. The summed E-state index contributed by atoms with van der Waals surface area (Å²) in [7, 11) is 0. The van der Waals surface area contributed by atoms with Crippen LogP contribution in [0.4, 0.5) is 0 Å². The summed E-state index contributed by atoms with van der Waals surface area (Å²) < 4.78 is 6.80. The van der Waals surface area contributed by atoms with Gasteiger partial charge in [0.25, 0.3) is 0 Å². The molecule has 1 heterocycles. The lowest BCUT2D eigenvalue weighted by Gasteiger charge is -2.05. The molecule has 0 radical (unpaired) electrons. The van der Waals surface area contributed by atoms with Gasteiger partial charge in [0.2, 0.25) is 0 Å². The highest BCUT2D eigenvalue weighted by atomic mass is 35.5. The van der Waals surface area contributed by atoms with Crippen LogP contribution < -0.4 is 0 Å². The van der Waals surface area contributed by atoms with Crippen LogP contribution in [0.1, 0.15) is 16.2 Å². The molecule has 0 N–H and O–H groups in total. The van der Waals surface area contributed by atoms with Gasteiger partial charge in [-0.2, -0.15) is 5.10 Å². The maximum Gasteiger partial charge on any atom is 0.338 e. The predicted octanol–water partition coefficient (Wildman–Crippen LogP) is 2.10. The minimum Gasteiger partial charge on any atom is -0.460 e. The Morgan fingerprint density at radius 1 is 1.39 bits per heavy atom. The molecule has 18 heavy (non-hydrogen) atoms. The first-order chi connectivity index (χ1) is 8.66. The average Bonchev–Trinajstić information content (AvgIpc) is 2.76. The van der Waals surface area contributed by atoms with E-state index in [-0.39, 0.29) is 12.6 Å². The molecule has 0 unspecified atom stereocenters. The summed E-state index contributed by atoms with van der Waals surface area (Å²) in [4.78, 5) is 15.6. The van der Waals surface area contributed by atoms with Crippen molar-refractivity contribution < 1.29 is 9.53 Å². The van der Waals surface area contributed by atoms with E-state index < -0.39 is 0 Å². The van der Waals surface area contributed by atoms with E-state index in [1.165, 1.54) is 6.33 Å². The number of aromatic nitrogens is 3. The third-order valence-corrected chi connectivity index (χ3v) is 2.68. The molecule has 1 aromatic carbocycles. The molecule has 5 nitrogen and oxygen atoms in total. The molecule has 0 spiro atoms. The van der Waals surface area contributed by atoms with Gasteiger partial charge in [-0.15, -0.1) is 0 Å². The number of rotatable bonds is 4. The van der Waals surface area contributed by atoms with Gasteiger partial charge in [0.1, 0.15) is 18.8 Å². The number of benzene rings is 1. The molecule has 0 bridgehead atoms. The number of carbonyl (C=O) groups is 1. The molecule has 2 rings (SSSR count). The average molecular weight is 266 g/mol. The van der Waals surface area contributed by atoms with Crippen molar-refractivity contribution in [1.82, 2.24) is 14.8 Å². The van der Waals surface area contributed by atoms with Gasteiger partial charge in [0, 0.05) is 5.02 Å². The van der Waals surface area contributed by atoms with E-state index in [0.717, 1.165) is 5.82 Å². The summed E-state index contributed by atoms with van der Waals surface area (Å²) in [5, 5.41) is 4.58.